The van der Waals surface area contributed by atoms with Crippen LogP contribution in [-0.4, -0.2) is 53.6 Å². The molecule has 7 rings (SSSR count). The second kappa shape index (κ2) is 11.2. The van der Waals surface area contributed by atoms with Crippen LogP contribution in [0.5, 0.6) is 0 Å². The van der Waals surface area contributed by atoms with E-state index in [0.29, 0.717) is 48.6 Å². The number of aliphatic hydroxyl groups excluding tert-OH is 1. The first kappa shape index (κ1) is 28.3. The third kappa shape index (κ3) is 4.76. The van der Waals surface area contributed by atoms with Gasteiger partial charge in [0.2, 0.25) is 5.91 Å². The highest BCUT2D eigenvalue weighted by Crippen LogP contribution is 2.46. The molecule has 2 atom stereocenters. The third-order valence-corrected chi connectivity index (χ3v) is 9.44. The molecule has 0 saturated carbocycles. The summed E-state index contributed by atoms with van der Waals surface area (Å²) in [4.78, 5) is 19.6. The zero-order chi connectivity index (χ0) is 30.5. The fourth-order valence-corrected chi connectivity index (χ4v) is 7.35. The predicted molar refractivity (Wildman–Crippen MR) is 167 cm³/mol. The molecule has 5 heterocycles. The van der Waals surface area contributed by atoms with Crippen LogP contribution in [0.15, 0.2) is 78.4 Å². The normalized spacial score (nSPS) is 18.1. The summed E-state index contributed by atoms with van der Waals surface area (Å²) in [6, 6.07) is 9.78. The molecule has 11 heteroatoms. The van der Waals surface area contributed by atoms with Gasteiger partial charge >= 0.3 is 0 Å². The lowest BCUT2D eigenvalue weighted by Gasteiger charge is -2.33. The Morgan fingerprint density at radius 2 is 2.07 bits per heavy atom. The smallest absolute Gasteiger partial charge is 0.246 e. The van der Waals surface area contributed by atoms with Crippen LogP contribution in [0.1, 0.15) is 42.5 Å². The van der Waals surface area contributed by atoms with Crippen molar-refractivity contribution in [1.29, 1.82) is 0 Å². The van der Waals surface area contributed by atoms with Crippen molar-refractivity contribution in [2.45, 2.75) is 37.8 Å². The maximum atomic E-state index is 15.3. The summed E-state index contributed by atoms with van der Waals surface area (Å²) in [5.41, 5.74) is 4.95. The van der Waals surface area contributed by atoms with Gasteiger partial charge in [0.1, 0.15) is 17.3 Å². The zero-order valence-electron chi connectivity index (χ0n) is 24.1. The quantitative estimate of drug-likeness (QED) is 0.155. The molecule has 0 bridgehead atoms. The Morgan fingerprint density at radius 1 is 1.20 bits per heavy atom. The molecule has 0 spiro atoms. The number of pyridine rings is 1. The molecule has 1 aliphatic heterocycles. The number of hydrogen-bond acceptors (Lipinski definition) is 6. The summed E-state index contributed by atoms with van der Waals surface area (Å²) in [5, 5.41) is 22.5. The number of aliphatic hydroxyl groups is 1. The van der Waals surface area contributed by atoms with E-state index in [2.05, 4.69) is 11.7 Å². The van der Waals surface area contributed by atoms with Gasteiger partial charge in [-0.25, -0.2) is 13.8 Å². The van der Waals surface area contributed by atoms with E-state index in [1.54, 1.807) is 4.90 Å². The number of thiophene rings is 1. The van der Waals surface area contributed by atoms with E-state index in [1.807, 2.05) is 58.3 Å². The molecular formula is C33H30F2N6O2S. The number of benzene rings is 1. The fourth-order valence-electron chi connectivity index (χ4n) is 6.37. The number of aryl methyl sites for hydroxylation is 1. The van der Waals surface area contributed by atoms with Crippen molar-refractivity contribution >= 4 is 38.2 Å². The molecule has 0 fully saturated rings. The highest BCUT2D eigenvalue weighted by Gasteiger charge is 2.33. The van der Waals surface area contributed by atoms with Crippen molar-refractivity contribution in [3.8, 4) is 22.6 Å². The molecule has 0 radical (unpaired) electrons. The molecule has 224 valence electrons. The number of halogens is 2. The minimum atomic E-state index is -0.938. The standard InChI is InChI=1S/C33H30F2N6O2S/c1-3-29(43)40-17-22(6-4-5-10-42)41-23(18-40)15-27(38-41)32-30(25-13-21(34)14-26(25)35)33-24(9-11-44-33)31(37-32)19-7-8-28-20(12-19)16-36-39(28)2/h3,7-9,11-16,22,25,42H,1,4-6,10,17-18H2,2H3. The Labute approximate surface area is 256 Å². The number of carbonyl (C=O) groups is 1. The van der Waals surface area contributed by atoms with E-state index in [1.165, 1.54) is 23.5 Å². The monoisotopic (exact) mass is 612 g/mol. The molecule has 1 amide bonds. The van der Waals surface area contributed by atoms with Crippen molar-refractivity contribution in [3.63, 3.8) is 0 Å². The number of aromatic nitrogens is 5. The third-order valence-electron chi connectivity index (χ3n) is 8.49. The maximum Gasteiger partial charge on any atom is 0.246 e. The van der Waals surface area contributed by atoms with Crippen molar-refractivity contribution in [2.24, 2.45) is 7.05 Å². The minimum Gasteiger partial charge on any atom is -0.396 e. The van der Waals surface area contributed by atoms with E-state index in [4.69, 9.17) is 10.1 Å². The number of amides is 1. The highest BCUT2D eigenvalue weighted by atomic mass is 32.1. The predicted octanol–water partition coefficient (Wildman–Crippen LogP) is 6.75. The van der Waals surface area contributed by atoms with Gasteiger partial charge in [0.25, 0.3) is 0 Å². The molecular weight excluding hydrogens is 582 g/mol. The number of carbonyl (C=O) groups excluding carboxylic acids is 1. The van der Waals surface area contributed by atoms with Gasteiger partial charge in [-0.15, -0.1) is 11.3 Å². The van der Waals surface area contributed by atoms with E-state index in [-0.39, 0.29) is 18.6 Å². The van der Waals surface area contributed by atoms with Gasteiger partial charge in [-0.05, 0) is 61.1 Å². The zero-order valence-corrected chi connectivity index (χ0v) is 24.9. The molecule has 1 aromatic carbocycles. The van der Waals surface area contributed by atoms with Crippen LogP contribution in [0.2, 0.25) is 0 Å². The number of rotatable bonds is 8. The second-order valence-electron chi connectivity index (χ2n) is 11.2. The van der Waals surface area contributed by atoms with Crippen molar-refractivity contribution in [3.05, 3.63) is 89.6 Å². The van der Waals surface area contributed by atoms with Crippen molar-refractivity contribution in [2.75, 3.05) is 13.2 Å². The number of unbranched alkanes of at least 4 members (excludes halogenated alkanes) is 1. The van der Waals surface area contributed by atoms with E-state index >= 15 is 4.39 Å². The van der Waals surface area contributed by atoms with E-state index in [9.17, 15) is 14.3 Å². The molecule has 8 nitrogen and oxygen atoms in total. The van der Waals surface area contributed by atoms with Crippen LogP contribution in [-0.2, 0) is 18.4 Å². The molecule has 2 unspecified atom stereocenters. The van der Waals surface area contributed by atoms with Crippen LogP contribution in [0.25, 0.3) is 43.6 Å². The largest absolute Gasteiger partial charge is 0.396 e. The van der Waals surface area contributed by atoms with Crippen LogP contribution < -0.4 is 0 Å². The van der Waals surface area contributed by atoms with Crippen molar-refractivity contribution in [1.82, 2.24) is 29.4 Å². The Bertz CT molecular complexity index is 2000. The van der Waals surface area contributed by atoms with Gasteiger partial charge in [-0.2, -0.15) is 10.2 Å². The first-order valence-electron chi connectivity index (χ1n) is 14.5. The van der Waals surface area contributed by atoms with Crippen LogP contribution in [0.4, 0.5) is 8.78 Å². The van der Waals surface area contributed by atoms with Crippen molar-refractivity contribution < 1.29 is 18.7 Å². The number of hydrogen-bond donors (Lipinski definition) is 1. The summed E-state index contributed by atoms with van der Waals surface area (Å²) in [6.07, 6.45) is 7.45. The first-order valence-corrected chi connectivity index (χ1v) is 15.4. The van der Waals surface area contributed by atoms with Gasteiger partial charge in [0.15, 0.2) is 0 Å². The van der Waals surface area contributed by atoms with E-state index in [0.717, 1.165) is 44.7 Å². The Morgan fingerprint density at radius 3 is 2.84 bits per heavy atom. The van der Waals surface area contributed by atoms with Gasteiger partial charge in [-0.1, -0.05) is 12.6 Å². The molecule has 5 aromatic rings. The minimum absolute atomic E-state index is 0.0888. The fraction of sp³-hybridized carbons (Fsp3) is 0.273. The van der Waals surface area contributed by atoms with Crippen LogP contribution in [0.3, 0.4) is 0 Å². The number of fused-ring (bicyclic) bond motifs is 3. The molecule has 1 N–H and O–H groups in total. The molecule has 4 aromatic heterocycles. The van der Waals surface area contributed by atoms with Gasteiger partial charge < -0.3 is 10.0 Å². The SMILES string of the molecule is C=CC(=O)N1Cc2cc(-c3nc(-c4ccc5c(cnn5C)c4)c4ccsc4c3C3C=C(F)C=C3F)nn2C(CCCCO)C1. The lowest BCUT2D eigenvalue weighted by Crippen LogP contribution is -2.40. The number of allylic oxidation sites excluding steroid dienone is 4. The Balaban J connectivity index is 1.43. The van der Waals surface area contributed by atoms with E-state index < -0.39 is 17.6 Å². The maximum absolute atomic E-state index is 15.3. The summed E-state index contributed by atoms with van der Waals surface area (Å²) in [5.74, 6) is -2.32. The van der Waals surface area contributed by atoms with Gasteiger partial charge in [-0.3, -0.25) is 14.2 Å². The summed E-state index contributed by atoms with van der Waals surface area (Å²) >= 11 is 1.46. The molecule has 44 heavy (non-hydrogen) atoms. The highest BCUT2D eigenvalue weighted by molar-refractivity contribution is 7.17. The van der Waals surface area contributed by atoms with Gasteiger partial charge in [0, 0.05) is 52.9 Å². The summed E-state index contributed by atoms with van der Waals surface area (Å²) < 4.78 is 34.3. The van der Waals surface area contributed by atoms with Gasteiger partial charge in [0.05, 0.1) is 47.3 Å². The molecule has 1 aliphatic carbocycles. The Kier molecular flexibility index (Phi) is 7.22. The second-order valence-corrected chi connectivity index (χ2v) is 12.2. The Hall–Kier alpha value is -4.48. The lowest BCUT2D eigenvalue weighted by molar-refractivity contribution is -0.128. The lowest BCUT2D eigenvalue weighted by atomic mass is 9.93. The average molecular weight is 613 g/mol. The molecule has 0 saturated heterocycles. The molecule has 2 aliphatic rings. The summed E-state index contributed by atoms with van der Waals surface area (Å²) in [7, 11) is 1.89. The average Bonchev–Trinajstić information content (AvgIpc) is 3.82. The van der Waals surface area contributed by atoms with Crippen LogP contribution in [0, 0.1) is 0 Å². The number of nitrogens with zero attached hydrogens (tertiary/aromatic N) is 6. The first-order chi connectivity index (χ1) is 21.4. The van der Waals surface area contributed by atoms with Crippen LogP contribution >= 0.6 is 11.3 Å². The topological polar surface area (TPSA) is 89.1 Å². The summed E-state index contributed by atoms with van der Waals surface area (Å²) in [6.45, 7) is 4.54.